The minimum Gasteiger partial charge on any atom is -0.358 e. The number of nitro benzene ring substituents is 2. The molecule has 1 rings (SSSR count). The quantitative estimate of drug-likeness (QED) is 0.410. The van der Waals surface area contributed by atoms with Gasteiger partial charge in [-0.1, -0.05) is 0 Å². The average Bonchev–Trinajstić information content (AvgIpc) is 2.44. The van der Waals surface area contributed by atoms with Gasteiger partial charge in [0.15, 0.2) is 5.69 Å². The first-order valence-electron chi connectivity index (χ1n) is 6.04. The van der Waals surface area contributed by atoms with Gasteiger partial charge in [0.05, 0.1) is 15.4 Å². The monoisotopic (exact) mass is 375 g/mol. The van der Waals surface area contributed by atoms with Crippen LogP contribution in [0.1, 0.15) is 5.56 Å². The van der Waals surface area contributed by atoms with Gasteiger partial charge in [0.2, 0.25) is 0 Å². The Bertz CT molecular complexity index is 572. The third-order valence-electron chi connectivity index (χ3n) is 2.82. The lowest BCUT2D eigenvalue weighted by Gasteiger charge is -2.22. The Kier molecular flexibility index (Phi) is 6.39. The topological polar surface area (TPSA) is 89.5 Å². The number of nitrogens with zero attached hydrogens (tertiary/aromatic N) is 3. The van der Waals surface area contributed by atoms with Crippen molar-refractivity contribution in [1.29, 1.82) is 0 Å². The molecule has 0 aliphatic rings. The van der Waals surface area contributed by atoms with Crippen LogP contribution in [0.4, 0.5) is 30.2 Å². The van der Waals surface area contributed by atoms with E-state index in [1.807, 2.05) is 0 Å². The van der Waals surface area contributed by atoms with Gasteiger partial charge in [0, 0.05) is 37.0 Å². The first-order chi connectivity index (χ1) is 10.6. The van der Waals surface area contributed by atoms with Crippen molar-refractivity contribution < 1.29 is 23.0 Å². The third-order valence-corrected chi connectivity index (χ3v) is 3.15. The smallest absolute Gasteiger partial charge is 0.358 e. The highest BCUT2D eigenvalue weighted by molar-refractivity contribution is 6.18. The Morgan fingerprint density at radius 2 is 1.39 bits per heavy atom. The average molecular weight is 376 g/mol. The van der Waals surface area contributed by atoms with Crippen molar-refractivity contribution in [2.45, 2.75) is 6.18 Å². The lowest BCUT2D eigenvalue weighted by molar-refractivity contribution is -0.393. The summed E-state index contributed by atoms with van der Waals surface area (Å²) in [4.78, 5) is 21.1. The molecule has 1 aromatic rings. The van der Waals surface area contributed by atoms with Crippen LogP contribution in [0.15, 0.2) is 12.1 Å². The number of hydrogen-bond acceptors (Lipinski definition) is 5. The molecule has 0 N–H and O–H groups in total. The van der Waals surface area contributed by atoms with Gasteiger partial charge in [0.25, 0.3) is 11.4 Å². The van der Waals surface area contributed by atoms with Crippen molar-refractivity contribution in [2.24, 2.45) is 0 Å². The maximum absolute atomic E-state index is 12.8. The Morgan fingerprint density at radius 1 is 1.00 bits per heavy atom. The fourth-order valence-electron chi connectivity index (χ4n) is 1.91. The number of benzene rings is 1. The summed E-state index contributed by atoms with van der Waals surface area (Å²) in [6.45, 7) is -0.108. The molecule has 1 aromatic carbocycles. The van der Waals surface area contributed by atoms with Crippen LogP contribution < -0.4 is 4.90 Å². The zero-order chi connectivity index (χ0) is 17.8. The van der Waals surface area contributed by atoms with E-state index >= 15 is 0 Å². The molecule has 7 nitrogen and oxygen atoms in total. The molecule has 0 aliphatic heterocycles. The van der Waals surface area contributed by atoms with Crippen molar-refractivity contribution in [3.63, 3.8) is 0 Å². The molecule has 0 saturated heterocycles. The number of halogens is 5. The van der Waals surface area contributed by atoms with Crippen LogP contribution in [0.3, 0.4) is 0 Å². The maximum atomic E-state index is 12.8. The molecule has 0 heterocycles. The van der Waals surface area contributed by atoms with Gasteiger partial charge < -0.3 is 4.90 Å². The zero-order valence-corrected chi connectivity index (χ0v) is 12.9. The van der Waals surface area contributed by atoms with Crippen LogP contribution in [0.2, 0.25) is 0 Å². The van der Waals surface area contributed by atoms with Crippen LogP contribution in [-0.4, -0.2) is 34.7 Å². The molecule has 0 amide bonds. The van der Waals surface area contributed by atoms with Gasteiger partial charge in [-0.25, -0.2) is 0 Å². The largest absolute Gasteiger partial charge is 0.416 e. The van der Waals surface area contributed by atoms with E-state index in [-0.39, 0.29) is 37.0 Å². The Morgan fingerprint density at radius 3 is 1.65 bits per heavy atom. The van der Waals surface area contributed by atoms with Crippen LogP contribution in [-0.2, 0) is 6.18 Å². The lowest BCUT2D eigenvalue weighted by atomic mass is 10.1. The Hall–Kier alpha value is -1.81. The van der Waals surface area contributed by atoms with Crippen molar-refractivity contribution >= 4 is 40.3 Å². The van der Waals surface area contributed by atoms with Crippen molar-refractivity contribution in [2.75, 3.05) is 29.7 Å². The maximum Gasteiger partial charge on any atom is 0.416 e. The standard InChI is InChI=1S/C11H10Cl2F3N3O4/c12-1-3-17(4-2-13)10-8(18(20)21)5-7(11(14,15)16)6-9(10)19(22)23/h5-6H,1-4H2. The first kappa shape index (κ1) is 19.2. The van der Waals surface area contributed by atoms with E-state index < -0.39 is 38.6 Å². The van der Waals surface area contributed by atoms with Gasteiger partial charge >= 0.3 is 6.18 Å². The van der Waals surface area contributed by atoms with Crippen LogP contribution in [0, 0.1) is 20.2 Å². The molecule has 0 spiro atoms. The lowest BCUT2D eigenvalue weighted by Crippen LogP contribution is -2.29. The molecule has 0 aromatic heterocycles. The summed E-state index contributed by atoms with van der Waals surface area (Å²) >= 11 is 11.1. The second-order valence-electron chi connectivity index (χ2n) is 4.24. The summed E-state index contributed by atoms with van der Waals surface area (Å²) in [5.74, 6) is -0.0988. The van der Waals surface area contributed by atoms with Crippen LogP contribution >= 0.6 is 23.2 Å². The number of hydrogen-bond donors (Lipinski definition) is 0. The van der Waals surface area contributed by atoms with Crippen molar-refractivity contribution in [1.82, 2.24) is 0 Å². The summed E-state index contributed by atoms with van der Waals surface area (Å²) in [6.07, 6.45) is -4.96. The molecule has 0 saturated carbocycles. The van der Waals surface area contributed by atoms with E-state index in [9.17, 15) is 33.4 Å². The van der Waals surface area contributed by atoms with Gasteiger partial charge in [-0.2, -0.15) is 13.2 Å². The molecule has 0 radical (unpaired) electrons. The fraction of sp³-hybridized carbons (Fsp3) is 0.455. The van der Waals surface area contributed by atoms with Crippen LogP contribution in [0.25, 0.3) is 0 Å². The molecule has 0 fully saturated rings. The summed E-state index contributed by atoms with van der Waals surface area (Å²) in [5.41, 5.74) is -4.07. The molecule has 23 heavy (non-hydrogen) atoms. The minimum atomic E-state index is -4.96. The summed E-state index contributed by atoms with van der Waals surface area (Å²) in [6, 6.07) is 0.523. The second kappa shape index (κ2) is 7.64. The van der Waals surface area contributed by atoms with E-state index in [0.717, 1.165) is 4.90 Å². The molecular formula is C11H10Cl2F3N3O4. The second-order valence-corrected chi connectivity index (χ2v) is 5.00. The van der Waals surface area contributed by atoms with Gasteiger partial charge in [-0.3, -0.25) is 20.2 Å². The minimum absolute atomic E-state index is 0.0494. The van der Waals surface area contributed by atoms with E-state index in [0.29, 0.717) is 0 Å². The fourth-order valence-corrected chi connectivity index (χ4v) is 2.32. The first-order valence-corrected chi connectivity index (χ1v) is 7.11. The highest BCUT2D eigenvalue weighted by Gasteiger charge is 2.39. The van der Waals surface area contributed by atoms with E-state index in [4.69, 9.17) is 23.2 Å². The van der Waals surface area contributed by atoms with Gasteiger partial charge in [-0.15, -0.1) is 23.2 Å². The van der Waals surface area contributed by atoms with Gasteiger partial charge in [0.1, 0.15) is 0 Å². The number of nitro groups is 2. The normalized spacial score (nSPS) is 11.3. The highest BCUT2D eigenvalue weighted by atomic mass is 35.5. The predicted octanol–water partition coefficient (Wildman–Crippen LogP) is 3.81. The predicted molar refractivity (Wildman–Crippen MR) is 78.4 cm³/mol. The Balaban J connectivity index is 3.70. The highest BCUT2D eigenvalue weighted by Crippen LogP contribution is 2.43. The van der Waals surface area contributed by atoms with Crippen molar-refractivity contribution in [3.8, 4) is 0 Å². The summed E-state index contributed by atoms with van der Waals surface area (Å²) in [5, 5.41) is 22.2. The third kappa shape index (κ3) is 4.58. The van der Waals surface area contributed by atoms with Gasteiger partial charge in [-0.05, 0) is 0 Å². The molecule has 128 valence electrons. The number of alkyl halides is 5. The zero-order valence-electron chi connectivity index (χ0n) is 11.3. The summed E-state index contributed by atoms with van der Waals surface area (Å²) in [7, 11) is 0. The SMILES string of the molecule is O=[N+]([O-])c1cc(C(F)(F)F)cc([N+](=O)[O-])c1N(CCCl)CCCl. The van der Waals surface area contributed by atoms with Crippen molar-refractivity contribution in [3.05, 3.63) is 37.9 Å². The van der Waals surface area contributed by atoms with E-state index in [2.05, 4.69) is 0 Å². The molecular weight excluding hydrogens is 366 g/mol. The molecule has 0 atom stereocenters. The van der Waals surface area contributed by atoms with E-state index in [1.54, 1.807) is 0 Å². The number of anilines is 1. The molecule has 0 unspecified atom stereocenters. The Labute approximate surface area is 137 Å². The molecule has 0 bridgehead atoms. The number of rotatable bonds is 7. The summed E-state index contributed by atoms with van der Waals surface area (Å²) < 4.78 is 38.4. The molecule has 12 heteroatoms. The van der Waals surface area contributed by atoms with E-state index in [1.165, 1.54) is 0 Å². The molecule has 0 aliphatic carbocycles. The van der Waals surface area contributed by atoms with Crippen LogP contribution in [0.5, 0.6) is 0 Å².